The average Bonchev–Trinajstić information content (AvgIpc) is 2.80. The fourth-order valence-electron chi connectivity index (χ4n) is 1.41. The second kappa shape index (κ2) is 7.09. The Hall–Kier alpha value is -1.06. The van der Waals surface area contributed by atoms with Crippen molar-refractivity contribution in [2.75, 3.05) is 13.1 Å². The molecule has 0 aliphatic carbocycles. The summed E-state index contributed by atoms with van der Waals surface area (Å²) < 4.78 is 66.4. The fraction of sp³-hybridized carbons (Fsp3) is 0.636. The molecule has 0 saturated carbocycles. The van der Waals surface area contributed by atoms with Crippen LogP contribution < -0.4 is 10.0 Å². The lowest BCUT2D eigenvalue weighted by Gasteiger charge is -2.06. The monoisotopic (exact) mass is 314 g/mol. The molecule has 1 aromatic rings. The van der Waals surface area contributed by atoms with Gasteiger partial charge in [0.25, 0.3) is 10.0 Å². The number of rotatable bonds is 8. The molecule has 0 bridgehead atoms. The summed E-state index contributed by atoms with van der Waals surface area (Å²) in [7, 11) is -3.89. The fourth-order valence-corrected chi connectivity index (χ4v) is 2.43. The lowest BCUT2D eigenvalue weighted by Crippen LogP contribution is -2.25. The zero-order chi connectivity index (χ0) is 15.2. The van der Waals surface area contributed by atoms with Gasteiger partial charge >= 0.3 is 6.18 Å². The maximum Gasteiger partial charge on any atom is 0.389 e. The predicted octanol–water partition coefficient (Wildman–Crippen LogP) is 2.01. The summed E-state index contributed by atoms with van der Waals surface area (Å²) in [6, 6.07) is 2.78. The van der Waals surface area contributed by atoms with Crippen molar-refractivity contribution in [3.63, 3.8) is 0 Å². The van der Waals surface area contributed by atoms with E-state index in [1.54, 1.807) is 0 Å². The second-order valence-electron chi connectivity index (χ2n) is 4.12. The molecule has 0 atom stereocenters. The first-order valence-electron chi connectivity index (χ1n) is 6.10. The highest BCUT2D eigenvalue weighted by Gasteiger charge is 2.26. The van der Waals surface area contributed by atoms with Gasteiger partial charge in [-0.15, -0.1) is 0 Å². The smallest absolute Gasteiger partial charge is 0.389 e. The van der Waals surface area contributed by atoms with Crippen LogP contribution in [0.5, 0.6) is 0 Å². The van der Waals surface area contributed by atoms with E-state index in [1.165, 1.54) is 12.1 Å². The van der Waals surface area contributed by atoms with Crippen LogP contribution in [-0.4, -0.2) is 27.7 Å². The Labute approximate surface area is 115 Å². The number of alkyl halides is 3. The molecule has 1 aromatic heterocycles. The Balaban J connectivity index is 2.49. The minimum atomic E-state index is -4.28. The first-order valence-corrected chi connectivity index (χ1v) is 7.59. The Bertz CT molecular complexity index is 511. The molecule has 0 aromatic carbocycles. The van der Waals surface area contributed by atoms with Crippen molar-refractivity contribution >= 4 is 10.0 Å². The van der Waals surface area contributed by atoms with Crippen LogP contribution in [0.4, 0.5) is 13.2 Å². The van der Waals surface area contributed by atoms with E-state index in [4.69, 9.17) is 4.42 Å². The summed E-state index contributed by atoms with van der Waals surface area (Å²) >= 11 is 0. The van der Waals surface area contributed by atoms with Crippen LogP contribution in [0.2, 0.25) is 0 Å². The van der Waals surface area contributed by atoms with Crippen molar-refractivity contribution in [1.29, 1.82) is 0 Å². The summed E-state index contributed by atoms with van der Waals surface area (Å²) in [6.07, 6.45) is -5.62. The van der Waals surface area contributed by atoms with Crippen molar-refractivity contribution in [1.82, 2.24) is 10.0 Å². The van der Waals surface area contributed by atoms with E-state index in [-0.39, 0.29) is 18.1 Å². The zero-order valence-electron chi connectivity index (χ0n) is 11.0. The van der Waals surface area contributed by atoms with Gasteiger partial charge in [-0.05, 0) is 25.1 Å². The molecular formula is C11H17F3N2O3S. The quantitative estimate of drug-likeness (QED) is 0.720. The van der Waals surface area contributed by atoms with Crippen molar-refractivity contribution in [2.45, 2.75) is 37.6 Å². The highest BCUT2D eigenvalue weighted by molar-refractivity contribution is 7.89. The molecule has 0 radical (unpaired) electrons. The van der Waals surface area contributed by atoms with Crippen LogP contribution >= 0.6 is 0 Å². The standard InChI is InChI=1S/C11H17F3N2O3S/c1-2-15-8-9-4-5-10(19-9)20(17,18)16-7-3-6-11(12,13)14/h4-5,15-16H,2-3,6-8H2,1H3. The van der Waals surface area contributed by atoms with Crippen LogP contribution in [0, 0.1) is 0 Å². The summed E-state index contributed by atoms with van der Waals surface area (Å²) in [6.45, 7) is 2.70. The Morgan fingerprint density at radius 3 is 2.60 bits per heavy atom. The molecule has 0 amide bonds. The Morgan fingerprint density at radius 1 is 1.30 bits per heavy atom. The van der Waals surface area contributed by atoms with Gasteiger partial charge in [0.2, 0.25) is 5.09 Å². The van der Waals surface area contributed by atoms with Gasteiger partial charge in [-0.2, -0.15) is 13.2 Å². The van der Waals surface area contributed by atoms with Gasteiger partial charge in [0.05, 0.1) is 6.54 Å². The van der Waals surface area contributed by atoms with Gasteiger partial charge in [0, 0.05) is 13.0 Å². The summed E-state index contributed by atoms with van der Waals surface area (Å²) in [5.74, 6) is 0.447. The minimum Gasteiger partial charge on any atom is -0.447 e. The number of sulfonamides is 1. The van der Waals surface area contributed by atoms with E-state index < -0.39 is 22.6 Å². The van der Waals surface area contributed by atoms with Crippen LogP contribution in [-0.2, 0) is 16.6 Å². The van der Waals surface area contributed by atoms with Crippen LogP contribution in [0.15, 0.2) is 21.6 Å². The van der Waals surface area contributed by atoms with Crippen LogP contribution in [0.1, 0.15) is 25.5 Å². The molecule has 0 aliphatic rings. The van der Waals surface area contributed by atoms with E-state index in [2.05, 4.69) is 10.0 Å². The average molecular weight is 314 g/mol. The van der Waals surface area contributed by atoms with Gasteiger partial charge in [0.1, 0.15) is 5.76 Å². The first kappa shape index (κ1) is 17.0. The molecule has 9 heteroatoms. The number of hydrogen-bond acceptors (Lipinski definition) is 4. The molecule has 0 spiro atoms. The highest BCUT2D eigenvalue weighted by Crippen LogP contribution is 2.21. The van der Waals surface area contributed by atoms with Crippen LogP contribution in [0.3, 0.4) is 0 Å². The molecular weight excluding hydrogens is 297 g/mol. The molecule has 1 heterocycles. The molecule has 0 aliphatic heterocycles. The lowest BCUT2D eigenvalue weighted by molar-refractivity contribution is -0.135. The van der Waals surface area contributed by atoms with Gasteiger partial charge in [0.15, 0.2) is 0 Å². The molecule has 20 heavy (non-hydrogen) atoms. The van der Waals surface area contributed by atoms with E-state index in [0.717, 1.165) is 0 Å². The molecule has 2 N–H and O–H groups in total. The summed E-state index contributed by atoms with van der Waals surface area (Å²) in [4.78, 5) is 0. The van der Waals surface area contributed by atoms with E-state index in [0.29, 0.717) is 18.8 Å². The third-order valence-electron chi connectivity index (χ3n) is 2.38. The van der Waals surface area contributed by atoms with E-state index in [1.807, 2.05) is 6.92 Å². The van der Waals surface area contributed by atoms with Gasteiger partial charge in [-0.3, -0.25) is 0 Å². The van der Waals surface area contributed by atoms with Gasteiger partial charge in [-0.25, -0.2) is 13.1 Å². The number of furan rings is 1. The SMILES string of the molecule is CCNCc1ccc(S(=O)(=O)NCCCC(F)(F)F)o1. The molecule has 0 unspecified atom stereocenters. The van der Waals surface area contributed by atoms with Gasteiger partial charge < -0.3 is 9.73 Å². The van der Waals surface area contributed by atoms with Crippen molar-refractivity contribution in [3.05, 3.63) is 17.9 Å². The zero-order valence-corrected chi connectivity index (χ0v) is 11.8. The first-order chi connectivity index (χ1) is 9.24. The van der Waals surface area contributed by atoms with E-state index in [9.17, 15) is 21.6 Å². The Kier molecular flexibility index (Phi) is 6.03. The molecule has 1 rings (SSSR count). The normalized spacial score (nSPS) is 12.8. The van der Waals surface area contributed by atoms with Crippen molar-refractivity contribution in [3.8, 4) is 0 Å². The summed E-state index contributed by atoms with van der Waals surface area (Å²) in [5.41, 5.74) is 0. The topological polar surface area (TPSA) is 71.3 Å². The number of nitrogens with one attached hydrogen (secondary N) is 2. The Morgan fingerprint density at radius 2 is 2.00 bits per heavy atom. The maximum absolute atomic E-state index is 11.9. The largest absolute Gasteiger partial charge is 0.447 e. The molecule has 0 saturated heterocycles. The third-order valence-corrected chi connectivity index (χ3v) is 3.71. The van der Waals surface area contributed by atoms with Crippen molar-refractivity contribution in [2.24, 2.45) is 0 Å². The summed E-state index contributed by atoms with van der Waals surface area (Å²) in [5, 5.41) is 2.67. The lowest BCUT2D eigenvalue weighted by atomic mass is 10.3. The molecule has 5 nitrogen and oxygen atoms in total. The van der Waals surface area contributed by atoms with E-state index >= 15 is 0 Å². The second-order valence-corrected chi connectivity index (χ2v) is 5.82. The van der Waals surface area contributed by atoms with Gasteiger partial charge in [-0.1, -0.05) is 6.92 Å². The number of hydrogen-bond donors (Lipinski definition) is 2. The van der Waals surface area contributed by atoms with Crippen molar-refractivity contribution < 1.29 is 26.0 Å². The third kappa shape index (κ3) is 5.93. The number of halogens is 3. The maximum atomic E-state index is 11.9. The highest BCUT2D eigenvalue weighted by atomic mass is 32.2. The van der Waals surface area contributed by atoms with Crippen LogP contribution in [0.25, 0.3) is 0 Å². The molecule has 0 fully saturated rings. The molecule has 116 valence electrons. The minimum absolute atomic E-state index is 0.287. The predicted molar refractivity (Wildman–Crippen MR) is 66.6 cm³/mol.